The van der Waals surface area contributed by atoms with Gasteiger partial charge in [0.2, 0.25) is 0 Å². The second-order valence-electron chi connectivity index (χ2n) is 7.81. The van der Waals surface area contributed by atoms with Gasteiger partial charge in [-0.15, -0.1) is 0 Å². The highest BCUT2D eigenvalue weighted by molar-refractivity contribution is 5.77. The number of aromatic hydroxyl groups is 1. The van der Waals surface area contributed by atoms with Gasteiger partial charge in [0.05, 0.1) is 6.61 Å². The molecule has 0 saturated carbocycles. The Kier molecular flexibility index (Phi) is 8.80. The quantitative estimate of drug-likeness (QED) is 0.321. The first-order chi connectivity index (χ1) is 15.2. The topological polar surface area (TPSA) is 58.7 Å². The summed E-state index contributed by atoms with van der Waals surface area (Å²) in [7, 11) is 0. The molecule has 0 spiro atoms. The lowest BCUT2D eigenvalue weighted by Crippen LogP contribution is -2.10. The van der Waals surface area contributed by atoms with Crippen molar-refractivity contribution >= 4 is 17.1 Å². The number of nitrogens with two attached hydrogens (primary N) is 1. The molecule has 0 atom stereocenters. The number of benzene rings is 3. The lowest BCUT2D eigenvalue weighted by molar-refractivity contribution is 0.305. The van der Waals surface area contributed by atoms with Gasteiger partial charge in [-0.05, 0) is 92.0 Å². The Morgan fingerprint density at radius 3 is 1.90 bits per heavy atom. The summed E-state index contributed by atoms with van der Waals surface area (Å²) in [5, 5.41) is 9.73. The molecule has 0 unspecified atom stereocenters. The van der Waals surface area contributed by atoms with E-state index in [9.17, 15) is 5.11 Å². The van der Waals surface area contributed by atoms with Crippen molar-refractivity contribution < 1.29 is 9.84 Å². The van der Waals surface area contributed by atoms with E-state index in [0.29, 0.717) is 6.54 Å². The normalized spacial score (nSPS) is 10.8. The maximum atomic E-state index is 9.73. The van der Waals surface area contributed by atoms with Crippen molar-refractivity contribution in [3.63, 3.8) is 0 Å². The average molecular weight is 419 g/mol. The summed E-state index contributed by atoms with van der Waals surface area (Å²) in [6, 6.07) is 24.1. The molecule has 0 heterocycles. The third kappa shape index (κ3) is 6.76. The molecule has 3 N–H and O–H groups in total. The van der Waals surface area contributed by atoms with Crippen LogP contribution in [0.1, 0.15) is 44.6 Å². The van der Waals surface area contributed by atoms with E-state index in [4.69, 9.17) is 10.5 Å². The molecule has 0 aromatic heterocycles. The highest BCUT2D eigenvalue weighted by Crippen LogP contribution is 2.36. The largest absolute Gasteiger partial charge is 0.508 e. The average Bonchev–Trinajstić information content (AvgIpc) is 2.81. The predicted molar refractivity (Wildman–Crippen MR) is 130 cm³/mol. The number of phenolic OH excluding ortho intramolecular Hbond substituents is 1. The Bertz CT molecular complexity index is 890. The number of hydrogen-bond donors (Lipinski definition) is 2. The van der Waals surface area contributed by atoms with Crippen molar-refractivity contribution in [2.45, 2.75) is 45.4 Å². The van der Waals surface area contributed by atoms with E-state index < -0.39 is 0 Å². The van der Waals surface area contributed by atoms with E-state index in [-0.39, 0.29) is 5.75 Å². The number of nitrogens with zero attached hydrogens (tertiary/aromatic N) is 1. The fraction of sp³-hybridized carbons (Fsp3) is 0.333. The van der Waals surface area contributed by atoms with Gasteiger partial charge in [0.1, 0.15) is 11.5 Å². The van der Waals surface area contributed by atoms with Crippen molar-refractivity contribution in [2.75, 3.05) is 18.1 Å². The summed E-state index contributed by atoms with van der Waals surface area (Å²) in [4.78, 5) is 2.18. The van der Waals surface area contributed by atoms with Crippen LogP contribution in [0.3, 0.4) is 0 Å². The molecule has 31 heavy (non-hydrogen) atoms. The molecule has 0 radical (unpaired) electrons. The second kappa shape index (κ2) is 12.0. The van der Waals surface area contributed by atoms with Gasteiger partial charge in [0.15, 0.2) is 0 Å². The highest BCUT2D eigenvalue weighted by Gasteiger charge is 2.13. The van der Waals surface area contributed by atoms with Crippen LogP contribution >= 0.6 is 0 Å². The van der Waals surface area contributed by atoms with Gasteiger partial charge in [-0.1, -0.05) is 38.3 Å². The monoisotopic (exact) mass is 418 g/mol. The molecular formula is C27H34N2O2. The van der Waals surface area contributed by atoms with Crippen LogP contribution in [-0.4, -0.2) is 18.3 Å². The lowest BCUT2D eigenvalue weighted by atomic mass is 10.1. The van der Waals surface area contributed by atoms with Crippen molar-refractivity contribution in [1.82, 2.24) is 0 Å². The van der Waals surface area contributed by atoms with Crippen LogP contribution in [0, 0.1) is 0 Å². The zero-order chi connectivity index (χ0) is 21.9. The first-order valence-electron chi connectivity index (χ1n) is 11.3. The minimum atomic E-state index is 0.257. The van der Waals surface area contributed by atoms with E-state index in [1.165, 1.54) is 24.8 Å². The smallest absolute Gasteiger partial charge is 0.119 e. The fourth-order valence-corrected chi connectivity index (χ4v) is 3.58. The van der Waals surface area contributed by atoms with Crippen LogP contribution in [0.25, 0.3) is 0 Å². The summed E-state index contributed by atoms with van der Waals surface area (Å²) in [6.45, 7) is 3.67. The molecular weight excluding hydrogens is 384 g/mol. The molecule has 3 aromatic rings. The van der Waals surface area contributed by atoms with Crippen LogP contribution in [0.4, 0.5) is 17.1 Å². The Morgan fingerprint density at radius 2 is 1.32 bits per heavy atom. The maximum Gasteiger partial charge on any atom is 0.119 e. The van der Waals surface area contributed by atoms with Crippen molar-refractivity contribution in [2.24, 2.45) is 5.73 Å². The summed E-state index contributed by atoms with van der Waals surface area (Å²) in [6.07, 6.45) is 6.77. The van der Waals surface area contributed by atoms with E-state index in [1.54, 1.807) is 12.1 Å². The Balaban J connectivity index is 1.79. The number of aryl methyl sites for hydroxylation is 1. The first-order valence-corrected chi connectivity index (χ1v) is 11.3. The van der Waals surface area contributed by atoms with Crippen molar-refractivity contribution in [3.8, 4) is 11.5 Å². The van der Waals surface area contributed by atoms with Crippen molar-refractivity contribution in [3.05, 3.63) is 78.4 Å². The second-order valence-corrected chi connectivity index (χ2v) is 7.81. The standard InChI is InChI=1S/C27H34N2O2/c1-2-3-4-5-21-31-27-18-14-25(15-19-27)29(24-12-16-26(30)17-13-24)23-10-8-22(9-11-23)7-6-20-28/h8-19,30H,2-7,20-21,28H2,1H3. The van der Waals surface area contributed by atoms with Gasteiger partial charge >= 0.3 is 0 Å². The van der Waals surface area contributed by atoms with Crippen LogP contribution in [-0.2, 0) is 6.42 Å². The number of rotatable bonds is 12. The van der Waals surface area contributed by atoms with Crippen molar-refractivity contribution in [1.29, 1.82) is 0 Å². The van der Waals surface area contributed by atoms with Gasteiger partial charge in [-0.2, -0.15) is 0 Å². The molecule has 0 aliphatic rings. The number of phenols is 1. The van der Waals surface area contributed by atoms with E-state index >= 15 is 0 Å². The number of unbranched alkanes of at least 4 members (excludes halogenated alkanes) is 3. The highest BCUT2D eigenvalue weighted by atomic mass is 16.5. The molecule has 164 valence electrons. The maximum absolute atomic E-state index is 9.73. The van der Waals surface area contributed by atoms with Crippen LogP contribution in [0.5, 0.6) is 11.5 Å². The van der Waals surface area contributed by atoms with E-state index in [0.717, 1.165) is 48.7 Å². The predicted octanol–water partition coefficient (Wildman–Crippen LogP) is 6.71. The van der Waals surface area contributed by atoms with Gasteiger partial charge < -0.3 is 20.5 Å². The molecule has 4 nitrogen and oxygen atoms in total. The summed E-state index contributed by atoms with van der Waals surface area (Å²) >= 11 is 0. The van der Waals surface area contributed by atoms with E-state index in [1.807, 2.05) is 24.3 Å². The SMILES string of the molecule is CCCCCCOc1ccc(N(c2ccc(O)cc2)c2ccc(CCCN)cc2)cc1. The Labute approximate surface area is 186 Å². The molecule has 0 amide bonds. The van der Waals surface area contributed by atoms with Crippen LogP contribution in [0.2, 0.25) is 0 Å². The zero-order valence-electron chi connectivity index (χ0n) is 18.5. The van der Waals surface area contributed by atoms with Gasteiger partial charge in [0.25, 0.3) is 0 Å². The first kappa shape index (κ1) is 22.7. The number of anilines is 3. The molecule has 0 aliphatic carbocycles. The molecule has 3 aromatic carbocycles. The summed E-state index contributed by atoms with van der Waals surface area (Å²) < 4.78 is 5.91. The number of ether oxygens (including phenoxy) is 1. The van der Waals surface area contributed by atoms with Gasteiger partial charge in [0, 0.05) is 17.1 Å². The number of hydrogen-bond acceptors (Lipinski definition) is 4. The molecule has 3 rings (SSSR count). The third-order valence-corrected chi connectivity index (χ3v) is 5.33. The Hall–Kier alpha value is -2.98. The molecule has 4 heteroatoms. The Morgan fingerprint density at radius 1 is 0.742 bits per heavy atom. The molecule has 0 saturated heterocycles. The minimum Gasteiger partial charge on any atom is -0.508 e. The molecule has 0 aliphatic heterocycles. The minimum absolute atomic E-state index is 0.257. The summed E-state index contributed by atoms with van der Waals surface area (Å²) in [5.74, 6) is 1.15. The zero-order valence-corrected chi connectivity index (χ0v) is 18.5. The lowest BCUT2D eigenvalue weighted by Gasteiger charge is -2.26. The van der Waals surface area contributed by atoms with Crippen LogP contribution < -0.4 is 15.4 Å². The van der Waals surface area contributed by atoms with Gasteiger partial charge in [-0.3, -0.25) is 0 Å². The summed E-state index contributed by atoms with van der Waals surface area (Å²) in [5.41, 5.74) is 10.0. The third-order valence-electron chi connectivity index (χ3n) is 5.33. The van der Waals surface area contributed by atoms with Crippen LogP contribution in [0.15, 0.2) is 72.8 Å². The van der Waals surface area contributed by atoms with E-state index in [2.05, 4.69) is 48.2 Å². The fourth-order valence-electron chi connectivity index (χ4n) is 3.58. The molecule has 0 fully saturated rings. The van der Waals surface area contributed by atoms with Gasteiger partial charge in [-0.25, -0.2) is 0 Å². The molecule has 0 bridgehead atoms.